The van der Waals surface area contributed by atoms with Crippen molar-refractivity contribution < 1.29 is 19.1 Å². The number of ether oxygens (including phenoxy) is 2. The Kier molecular flexibility index (Phi) is 6.17. The Morgan fingerprint density at radius 2 is 1.72 bits per heavy atom. The van der Waals surface area contributed by atoms with Crippen LogP contribution in [0.2, 0.25) is 0 Å². The second-order valence-corrected chi connectivity index (χ2v) is 5.17. The van der Waals surface area contributed by atoms with Gasteiger partial charge in [0.25, 0.3) is 5.91 Å². The highest BCUT2D eigenvalue weighted by molar-refractivity contribution is 6.05. The summed E-state index contributed by atoms with van der Waals surface area (Å²) in [6, 6.07) is 14.3. The lowest BCUT2D eigenvalue weighted by Gasteiger charge is -2.12. The molecule has 25 heavy (non-hydrogen) atoms. The molecule has 130 valence electrons. The minimum Gasteiger partial charge on any atom is -0.494 e. The van der Waals surface area contributed by atoms with Gasteiger partial charge >= 0.3 is 0 Å². The molecule has 6 nitrogen and oxygen atoms in total. The van der Waals surface area contributed by atoms with Gasteiger partial charge in [-0.1, -0.05) is 30.3 Å². The third-order valence-corrected chi connectivity index (χ3v) is 3.31. The summed E-state index contributed by atoms with van der Waals surface area (Å²) in [5.41, 5.74) is 1.90. The first-order chi connectivity index (χ1) is 12.0. The Balaban J connectivity index is 2.18. The summed E-state index contributed by atoms with van der Waals surface area (Å²) in [5, 5.41) is 5.40. The molecule has 0 saturated carbocycles. The molecule has 0 unspecified atom stereocenters. The summed E-state index contributed by atoms with van der Waals surface area (Å²) in [5.74, 6) is 0.0262. The first-order valence-electron chi connectivity index (χ1n) is 7.61. The summed E-state index contributed by atoms with van der Waals surface area (Å²) < 4.78 is 10.4. The van der Waals surface area contributed by atoms with Crippen LogP contribution >= 0.6 is 0 Å². The van der Waals surface area contributed by atoms with E-state index in [0.29, 0.717) is 17.1 Å². The van der Waals surface area contributed by atoms with E-state index in [2.05, 4.69) is 10.6 Å². The Morgan fingerprint density at radius 3 is 2.32 bits per heavy atom. The fourth-order valence-corrected chi connectivity index (χ4v) is 2.17. The van der Waals surface area contributed by atoms with Gasteiger partial charge in [-0.25, -0.2) is 0 Å². The Morgan fingerprint density at radius 1 is 1.00 bits per heavy atom. The van der Waals surface area contributed by atoms with Gasteiger partial charge in [0.05, 0.1) is 19.9 Å². The average Bonchev–Trinajstić information content (AvgIpc) is 2.61. The van der Waals surface area contributed by atoms with Crippen molar-refractivity contribution in [1.29, 1.82) is 0 Å². The largest absolute Gasteiger partial charge is 0.494 e. The van der Waals surface area contributed by atoms with Crippen LogP contribution in [0.15, 0.2) is 54.3 Å². The zero-order valence-electron chi connectivity index (χ0n) is 14.3. The highest BCUT2D eigenvalue weighted by Gasteiger charge is 2.12. The topological polar surface area (TPSA) is 76.7 Å². The lowest BCUT2D eigenvalue weighted by molar-refractivity contribution is -0.115. The van der Waals surface area contributed by atoms with Crippen molar-refractivity contribution in [3.05, 3.63) is 59.9 Å². The predicted molar refractivity (Wildman–Crippen MR) is 97.4 cm³/mol. The quantitative estimate of drug-likeness (QED) is 0.625. The van der Waals surface area contributed by atoms with Crippen LogP contribution in [0.25, 0.3) is 6.08 Å². The van der Waals surface area contributed by atoms with Crippen molar-refractivity contribution in [1.82, 2.24) is 0 Å². The van der Waals surface area contributed by atoms with Gasteiger partial charge in [-0.15, -0.1) is 0 Å². The fourth-order valence-electron chi connectivity index (χ4n) is 2.17. The number of carbonyl (C=O) groups excluding carboxylic acids is 2. The van der Waals surface area contributed by atoms with E-state index in [1.54, 1.807) is 24.3 Å². The zero-order valence-corrected chi connectivity index (χ0v) is 14.3. The van der Waals surface area contributed by atoms with E-state index in [-0.39, 0.29) is 17.6 Å². The number of benzene rings is 2. The van der Waals surface area contributed by atoms with Crippen LogP contribution in [0, 0.1) is 0 Å². The van der Waals surface area contributed by atoms with Crippen molar-refractivity contribution in [2.75, 3.05) is 24.9 Å². The van der Waals surface area contributed by atoms with Crippen LogP contribution in [0.5, 0.6) is 5.75 Å². The molecule has 0 bridgehead atoms. The van der Waals surface area contributed by atoms with Gasteiger partial charge in [0, 0.05) is 18.7 Å². The molecular formula is C19H20N2O4. The van der Waals surface area contributed by atoms with E-state index in [4.69, 9.17) is 9.47 Å². The molecule has 6 heteroatoms. The molecule has 2 amide bonds. The highest BCUT2D eigenvalue weighted by Crippen LogP contribution is 2.28. The SMILES string of the molecule is CO/C(=C\c1ccccc1)C(=O)Nc1ccc(NC(C)=O)c(OC)c1. The standard InChI is InChI=1S/C19H20N2O4/c1-13(22)20-16-10-9-15(12-17(16)24-2)21-19(23)18(25-3)11-14-7-5-4-6-8-14/h4-12H,1-3H3,(H,20,22)(H,21,23)/b18-11-. The molecule has 0 aliphatic heterocycles. The summed E-state index contributed by atoms with van der Waals surface area (Å²) in [6.07, 6.45) is 1.65. The summed E-state index contributed by atoms with van der Waals surface area (Å²) >= 11 is 0. The van der Waals surface area contributed by atoms with Crippen LogP contribution in [0.3, 0.4) is 0 Å². The van der Waals surface area contributed by atoms with Crippen LogP contribution in [0.1, 0.15) is 12.5 Å². The molecule has 0 atom stereocenters. The predicted octanol–water partition coefficient (Wildman–Crippen LogP) is 3.28. The van der Waals surface area contributed by atoms with Gasteiger partial charge in [0.2, 0.25) is 5.91 Å². The number of anilines is 2. The smallest absolute Gasteiger partial charge is 0.290 e. The maximum atomic E-state index is 12.4. The van der Waals surface area contributed by atoms with Crippen molar-refractivity contribution >= 4 is 29.3 Å². The summed E-state index contributed by atoms with van der Waals surface area (Å²) in [4.78, 5) is 23.6. The third-order valence-electron chi connectivity index (χ3n) is 3.31. The van der Waals surface area contributed by atoms with Crippen LogP contribution in [-0.2, 0) is 14.3 Å². The molecule has 0 radical (unpaired) electrons. The van der Waals surface area contributed by atoms with Gasteiger partial charge in [0.1, 0.15) is 5.75 Å². The Bertz CT molecular complexity index is 785. The molecule has 0 spiro atoms. The summed E-state index contributed by atoms with van der Waals surface area (Å²) in [7, 11) is 2.93. The van der Waals surface area contributed by atoms with Gasteiger partial charge in [-0.05, 0) is 23.8 Å². The first kappa shape index (κ1) is 18.1. The van der Waals surface area contributed by atoms with E-state index in [1.807, 2.05) is 30.3 Å². The Hall–Kier alpha value is -3.28. The van der Waals surface area contributed by atoms with Gasteiger partial charge in [0.15, 0.2) is 5.76 Å². The van der Waals surface area contributed by atoms with Crippen molar-refractivity contribution in [3.63, 3.8) is 0 Å². The third kappa shape index (κ3) is 5.10. The van der Waals surface area contributed by atoms with Crippen molar-refractivity contribution in [2.45, 2.75) is 6.92 Å². The molecule has 2 aromatic carbocycles. The normalized spacial score (nSPS) is 10.8. The molecule has 0 fully saturated rings. The maximum absolute atomic E-state index is 12.4. The molecule has 0 aromatic heterocycles. The van der Waals surface area contributed by atoms with Gasteiger partial charge in [-0.3, -0.25) is 9.59 Å². The number of carbonyl (C=O) groups is 2. The number of nitrogens with one attached hydrogen (secondary N) is 2. The van der Waals surface area contributed by atoms with Crippen LogP contribution in [0.4, 0.5) is 11.4 Å². The zero-order chi connectivity index (χ0) is 18.2. The maximum Gasteiger partial charge on any atom is 0.290 e. The number of rotatable bonds is 6. The molecule has 2 N–H and O–H groups in total. The lowest BCUT2D eigenvalue weighted by Crippen LogP contribution is -2.16. The van der Waals surface area contributed by atoms with E-state index in [0.717, 1.165) is 5.56 Å². The second kappa shape index (κ2) is 8.54. The van der Waals surface area contributed by atoms with Crippen LogP contribution < -0.4 is 15.4 Å². The number of hydrogen-bond acceptors (Lipinski definition) is 4. The molecular weight excluding hydrogens is 320 g/mol. The van der Waals surface area contributed by atoms with E-state index < -0.39 is 0 Å². The average molecular weight is 340 g/mol. The van der Waals surface area contributed by atoms with Gasteiger partial charge in [-0.2, -0.15) is 0 Å². The minimum atomic E-state index is -0.388. The van der Waals surface area contributed by atoms with Crippen molar-refractivity contribution in [3.8, 4) is 5.75 Å². The lowest BCUT2D eigenvalue weighted by atomic mass is 10.2. The fraction of sp³-hybridized carbons (Fsp3) is 0.158. The van der Waals surface area contributed by atoms with Gasteiger partial charge < -0.3 is 20.1 Å². The number of methoxy groups -OCH3 is 2. The molecule has 0 heterocycles. The molecule has 0 aliphatic rings. The van der Waals surface area contributed by atoms with Crippen molar-refractivity contribution in [2.24, 2.45) is 0 Å². The minimum absolute atomic E-state index is 0.177. The second-order valence-electron chi connectivity index (χ2n) is 5.17. The molecule has 2 rings (SSSR count). The number of amides is 2. The first-order valence-corrected chi connectivity index (χ1v) is 7.61. The Labute approximate surface area is 146 Å². The number of hydrogen-bond donors (Lipinski definition) is 2. The van der Waals surface area contributed by atoms with Crippen LogP contribution in [-0.4, -0.2) is 26.0 Å². The molecule has 0 aliphatic carbocycles. The molecule has 2 aromatic rings. The van der Waals surface area contributed by atoms with E-state index in [1.165, 1.54) is 21.1 Å². The summed E-state index contributed by atoms with van der Waals surface area (Å²) in [6.45, 7) is 1.41. The highest BCUT2D eigenvalue weighted by atomic mass is 16.5. The monoisotopic (exact) mass is 340 g/mol. The van der Waals surface area contributed by atoms with E-state index >= 15 is 0 Å². The molecule has 0 saturated heterocycles. The van der Waals surface area contributed by atoms with E-state index in [9.17, 15) is 9.59 Å².